The van der Waals surface area contributed by atoms with Gasteiger partial charge in [0, 0.05) is 12.1 Å². The van der Waals surface area contributed by atoms with Crippen molar-refractivity contribution in [2.45, 2.75) is 39.0 Å². The van der Waals surface area contributed by atoms with E-state index in [2.05, 4.69) is 18.8 Å². The first-order chi connectivity index (χ1) is 6.68. The molecule has 0 bridgehead atoms. The van der Waals surface area contributed by atoms with Gasteiger partial charge in [-0.15, -0.1) is 0 Å². The minimum atomic E-state index is -0.913. The topological polar surface area (TPSA) is 49.3 Å². The lowest BCUT2D eigenvalue weighted by Crippen LogP contribution is -2.21. The first-order valence-corrected chi connectivity index (χ1v) is 5.30. The molecule has 3 heteroatoms. The van der Waals surface area contributed by atoms with Crippen LogP contribution in [0.15, 0.2) is 12.2 Å². The van der Waals surface area contributed by atoms with Crippen LogP contribution in [0.1, 0.15) is 39.0 Å². The lowest BCUT2D eigenvalue weighted by molar-refractivity contribution is -0.132. The van der Waals surface area contributed by atoms with Crippen LogP contribution in [-0.2, 0) is 4.79 Å². The van der Waals surface area contributed by atoms with E-state index in [1.807, 2.05) is 0 Å². The zero-order valence-electron chi connectivity index (χ0n) is 9.01. The highest BCUT2D eigenvalue weighted by molar-refractivity contribution is 5.86. The minimum Gasteiger partial charge on any atom is -0.478 e. The molecule has 0 radical (unpaired) electrons. The summed E-state index contributed by atoms with van der Waals surface area (Å²) in [5.74, 6) is -0.913. The van der Waals surface area contributed by atoms with Gasteiger partial charge in [-0.3, -0.25) is 0 Å². The quantitative estimate of drug-likeness (QED) is 0.442. The molecule has 0 rings (SSSR count). The maximum Gasteiger partial charge on any atom is 0.332 e. The van der Waals surface area contributed by atoms with Gasteiger partial charge in [0.15, 0.2) is 0 Å². The van der Waals surface area contributed by atoms with Crippen LogP contribution in [0.5, 0.6) is 0 Å². The number of carboxylic acid groups (broad SMARTS) is 1. The van der Waals surface area contributed by atoms with Crippen LogP contribution < -0.4 is 5.32 Å². The first kappa shape index (κ1) is 13.2. The molecule has 0 aromatic carbocycles. The van der Waals surface area contributed by atoms with E-state index in [-0.39, 0.29) is 5.57 Å². The zero-order chi connectivity index (χ0) is 10.8. The predicted octanol–water partition coefficient (Wildman–Crippen LogP) is 2.19. The first-order valence-electron chi connectivity index (χ1n) is 5.30. The van der Waals surface area contributed by atoms with Crippen LogP contribution in [0.3, 0.4) is 0 Å². The van der Waals surface area contributed by atoms with Crippen molar-refractivity contribution >= 4 is 5.97 Å². The maximum atomic E-state index is 10.4. The summed E-state index contributed by atoms with van der Waals surface area (Å²) in [6.45, 7) is 6.91. The molecule has 2 N–H and O–H groups in total. The van der Waals surface area contributed by atoms with Gasteiger partial charge in [0.1, 0.15) is 0 Å². The molecule has 0 aromatic rings. The Morgan fingerprint density at radius 2 is 1.93 bits per heavy atom. The van der Waals surface area contributed by atoms with Crippen molar-refractivity contribution < 1.29 is 9.90 Å². The van der Waals surface area contributed by atoms with E-state index in [9.17, 15) is 4.79 Å². The molecule has 0 heterocycles. The molecule has 0 aliphatic heterocycles. The molecule has 0 aromatic heterocycles. The molecule has 0 saturated heterocycles. The van der Waals surface area contributed by atoms with Gasteiger partial charge in [0.2, 0.25) is 0 Å². The van der Waals surface area contributed by atoms with E-state index in [1.54, 1.807) is 0 Å². The summed E-state index contributed by atoms with van der Waals surface area (Å²) >= 11 is 0. The summed E-state index contributed by atoms with van der Waals surface area (Å²) in [5, 5.41) is 11.6. The van der Waals surface area contributed by atoms with Gasteiger partial charge in [-0.2, -0.15) is 0 Å². The van der Waals surface area contributed by atoms with Gasteiger partial charge >= 0.3 is 5.97 Å². The monoisotopic (exact) mass is 199 g/mol. The molecule has 3 nitrogen and oxygen atoms in total. The second kappa shape index (κ2) is 8.75. The van der Waals surface area contributed by atoms with Crippen molar-refractivity contribution in [3.05, 3.63) is 12.2 Å². The number of carbonyl (C=O) groups is 1. The summed E-state index contributed by atoms with van der Waals surface area (Å²) in [6, 6.07) is 0. The molecule has 0 atom stereocenters. The summed E-state index contributed by atoms with van der Waals surface area (Å²) < 4.78 is 0. The Hall–Kier alpha value is -0.830. The Labute approximate surface area is 86.2 Å². The van der Waals surface area contributed by atoms with Gasteiger partial charge in [0.05, 0.1) is 0 Å². The molecule has 0 aliphatic carbocycles. The van der Waals surface area contributed by atoms with Crippen LogP contribution >= 0.6 is 0 Å². The van der Waals surface area contributed by atoms with Crippen LogP contribution in [0, 0.1) is 0 Å². The van der Waals surface area contributed by atoms with Crippen molar-refractivity contribution in [3.63, 3.8) is 0 Å². The predicted molar refractivity (Wildman–Crippen MR) is 58.4 cm³/mol. The standard InChI is InChI=1S/C11H21NO2/c1-3-4-5-6-7-8-12-9-10(2)11(13)14/h12H,2-9H2,1H3,(H,13,14). The number of carboxylic acids is 1. The molecule has 0 spiro atoms. The van der Waals surface area contributed by atoms with Crippen molar-refractivity contribution in [2.24, 2.45) is 0 Å². The summed E-state index contributed by atoms with van der Waals surface area (Å²) in [6.07, 6.45) is 6.16. The zero-order valence-corrected chi connectivity index (χ0v) is 9.01. The second-order valence-corrected chi connectivity index (χ2v) is 3.50. The Morgan fingerprint density at radius 3 is 2.50 bits per heavy atom. The molecular formula is C11H21NO2. The van der Waals surface area contributed by atoms with Crippen molar-refractivity contribution in [2.75, 3.05) is 13.1 Å². The second-order valence-electron chi connectivity index (χ2n) is 3.50. The maximum absolute atomic E-state index is 10.4. The van der Waals surface area contributed by atoms with Gasteiger partial charge in [-0.25, -0.2) is 4.79 Å². The lowest BCUT2D eigenvalue weighted by atomic mass is 10.1. The molecule has 0 aliphatic rings. The summed E-state index contributed by atoms with van der Waals surface area (Å²) in [5.41, 5.74) is 0.235. The highest BCUT2D eigenvalue weighted by Gasteiger charge is 2.01. The number of hydrogen-bond acceptors (Lipinski definition) is 2. The average Bonchev–Trinajstić information content (AvgIpc) is 2.16. The third-order valence-corrected chi connectivity index (χ3v) is 2.10. The van der Waals surface area contributed by atoms with E-state index >= 15 is 0 Å². The fraction of sp³-hybridized carbons (Fsp3) is 0.727. The van der Waals surface area contributed by atoms with E-state index < -0.39 is 5.97 Å². The van der Waals surface area contributed by atoms with Gasteiger partial charge < -0.3 is 10.4 Å². The van der Waals surface area contributed by atoms with Crippen molar-refractivity contribution in [3.8, 4) is 0 Å². The Balaban J connectivity index is 3.13. The van der Waals surface area contributed by atoms with Crippen molar-refractivity contribution in [1.82, 2.24) is 5.32 Å². The number of hydrogen-bond donors (Lipinski definition) is 2. The van der Waals surface area contributed by atoms with Gasteiger partial charge in [-0.05, 0) is 13.0 Å². The summed E-state index contributed by atoms with van der Waals surface area (Å²) in [7, 11) is 0. The summed E-state index contributed by atoms with van der Waals surface area (Å²) in [4.78, 5) is 10.4. The number of aliphatic carboxylic acids is 1. The van der Waals surface area contributed by atoms with Crippen LogP contribution in [0.4, 0.5) is 0 Å². The number of rotatable bonds is 9. The van der Waals surface area contributed by atoms with Crippen LogP contribution in [0.2, 0.25) is 0 Å². The Morgan fingerprint density at radius 1 is 1.29 bits per heavy atom. The Bertz CT molecular complexity index is 178. The van der Waals surface area contributed by atoms with E-state index in [4.69, 9.17) is 5.11 Å². The van der Waals surface area contributed by atoms with E-state index in [1.165, 1.54) is 25.7 Å². The average molecular weight is 199 g/mol. The number of unbranched alkanes of at least 4 members (excludes halogenated alkanes) is 4. The van der Waals surface area contributed by atoms with E-state index in [0.717, 1.165) is 13.0 Å². The molecule has 14 heavy (non-hydrogen) atoms. The smallest absolute Gasteiger partial charge is 0.332 e. The molecule has 0 unspecified atom stereocenters. The largest absolute Gasteiger partial charge is 0.478 e. The normalized spacial score (nSPS) is 10.1. The Kier molecular flexibility index (Phi) is 8.24. The molecular weight excluding hydrogens is 178 g/mol. The van der Waals surface area contributed by atoms with Gasteiger partial charge in [-0.1, -0.05) is 39.2 Å². The third-order valence-electron chi connectivity index (χ3n) is 2.10. The molecule has 0 saturated carbocycles. The van der Waals surface area contributed by atoms with Crippen LogP contribution in [-0.4, -0.2) is 24.2 Å². The SMILES string of the molecule is C=C(CNCCCCCCC)C(=O)O. The van der Waals surface area contributed by atoms with Crippen molar-refractivity contribution in [1.29, 1.82) is 0 Å². The fourth-order valence-electron chi connectivity index (χ4n) is 1.17. The minimum absolute atomic E-state index is 0.235. The highest BCUT2D eigenvalue weighted by atomic mass is 16.4. The molecule has 82 valence electrons. The molecule has 0 fully saturated rings. The number of nitrogens with one attached hydrogen (secondary N) is 1. The van der Waals surface area contributed by atoms with Gasteiger partial charge in [0.25, 0.3) is 0 Å². The van der Waals surface area contributed by atoms with Crippen LogP contribution in [0.25, 0.3) is 0 Å². The third kappa shape index (κ3) is 7.80. The lowest BCUT2D eigenvalue weighted by Gasteiger charge is -2.03. The highest BCUT2D eigenvalue weighted by Crippen LogP contribution is 2.01. The van der Waals surface area contributed by atoms with E-state index in [0.29, 0.717) is 6.54 Å². The fourth-order valence-corrected chi connectivity index (χ4v) is 1.17. The molecule has 0 amide bonds.